The van der Waals surface area contributed by atoms with Crippen LogP contribution in [0.1, 0.15) is 27.7 Å². The lowest BCUT2D eigenvalue weighted by molar-refractivity contribution is 0.0938. The van der Waals surface area contributed by atoms with Gasteiger partial charge in [-0.3, -0.25) is 9.59 Å². The molecule has 2 aromatic carbocycles. The maximum absolute atomic E-state index is 13.0. The SMILES string of the molecule is C=CCOc1ccc(C2NC(=O)c3oc4ccc(Br)cc4c(=O)c32)cc1. The molecule has 0 saturated heterocycles. The zero-order valence-electron chi connectivity index (χ0n) is 13.6. The molecule has 1 atom stereocenters. The van der Waals surface area contributed by atoms with Gasteiger partial charge < -0.3 is 14.5 Å². The van der Waals surface area contributed by atoms with Crippen molar-refractivity contribution in [1.82, 2.24) is 5.32 Å². The van der Waals surface area contributed by atoms with Gasteiger partial charge in [0.15, 0.2) is 5.43 Å². The fraction of sp³-hybridized carbons (Fsp3) is 0.100. The quantitative estimate of drug-likeness (QED) is 0.659. The second-order valence-corrected chi connectivity index (χ2v) is 6.81. The van der Waals surface area contributed by atoms with Gasteiger partial charge in [0.25, 0.3) is 5.91 Å². The highest BCUT2D eigenvalue weighted by molar-refractivity contribution is 9.10. The third-order valence-corrected chi connectivity index (χ3v) is 4.73. The highest BCUT2D eigenvalue weighted by atomic mass is 79.9. The highest BCUT2D eigenvalue weighted by Crippen LogP contribution is 2.32. The van der Waals surface area contributed by atoms with Crippen LogP contribution in [0.3, 0.4) is 0 Å². The predicted octanol–water partition coefficient (Wildman–Crippen LogP) is 3.95. The Morgan fingerprint density at radius 3 is 2.69 bits per heavy atom. The van der Waals surface area contributed by atoms with E-state index in [1.54, 1.807) is 36.4 Å². The van der Waals surface area contributed by atoms with Gasteiger partial charge in [0.1, 0.15) is 17.9 Å². The first-order valence-electron chi connectivity index (χ1n) is 7.99. The minimum Gasteiger partial charge on any atom is -0.490 e. The topological polar surface area (TPSA) is 68.5 Å². The monoisotopic (exact) mass is 411 g/mol. The van der Waals surface area contributed by atoms with Gasteiger partial charge in [-0.05, 0) is 35.9 Å². The summed E-state index contributed by atoms with van der Waals surface area (Å²) in [6.45, 7) is 4.02. The molecule has 1 N–H and O–H groups in total. The Labute approximate surface area is 157 Å². The molecular weight excluding hydrogens is 398 g/mol. The standard InChI is InChI=1S/C20H14BrNO4/c1-2-9-25-13-6-3-11(4-7-13)17-16-18(23)14-10-12(21)5-8-15(14)26-19(16)20(24)22-17/h2-8,10,17H,1,9H2,(H,22,24). The van der Waals surface area contributed by atoms with E-state index in [0.29, 0.717) is 28.9 Å². The van der Waals surface area contributed by atoms with Gasteiger partial charge in [0, 0.05) is 4.47 Å². The maximum atomic E-state index is 13.0. The van der Waals surface area contributed by atoms with E-state index >= 15 is 0 Å². The van der Waals surface area contributed by atoms with Crippen LogP contribution < -0.4 is 15.5 Å². The molecule has 1 aliphatic heterocycles. The van der Waals surface area contributed by atoms with Crippen LogP contribution in [0.2, 0.25) is 0 Å². The van der Waals surface area contributed by atoms with Crippen LogP contribution in [0.4, 0.5) is 0 Å². The van der Waals surface area contributed by atoms with Gasteiger partial charge in [-0.2, -0.15) is 0 Å². The summed E-state index contributed by atoms with van der Waals surface area (Å²) in [6.07, 6.45) is 1.66. The van der Waals surface area contributed by atoms with Gasteiger partial charge in [0.2, 0.25) is 5.76 Å². The molecule has 0 spiro atoms. The molecule has 1 unspecified atom stereocenters. The van der Waals surface area contributed by atoms with Crippen LogP contribution in [0.15, 0.2) is 68.8 Å². The lowest BCUT2D eigenvalue weighted by atomic mass is 9.99. The number of rotatable bonds is 4. The first kappa shape index (κ1) is 16.6. The molecule has 0 bridgehead atoms. The molecule has 6 heteroatoms. The molecule has 0 saturated carbocycles. The zero-order chi connectivity index (χ0) is 18.3. The van der Waals surface area contributed by atoms with E-state index in [4.69, 9.17) is 9.15 Å². The summed E-state index contributed by atoms with van der Waals surface area (Å²) in [5.74, 6) is 0.369. The van der Waals surface area contributed by atoms with E-state index in [1.165, 1.54) is 0 Å². The van der Waals surface area contributed by atoms with Crippen molar-refractivity contribution in [2.45, 2.75) is 6.04 Å². The summed E-state index contributed by atoms with van der Waals surface area (Å²) in [4.78, 5) is 25.3. The Kier molecular flexibility index (Phi) is 4.12. The number of nitrogens with one attached hydrogen (secondary N) is 1. The van der Waals surface area contributed by atoms with Crippen molar-refractivity contribution in [3.05, 3.63) is 86.7 Å². The average Bonchev–Trinajstić information content (AvgIpc) is 2.98. The molecule has 4 rings (SSSR count). The summed E-state index contributed by atoms with van der Waals surface area (Å²) in [5, 5.41) is 3.26. The largest absolute Gasteiger partial charge is 0.490 e. The van der Waals surface area contributed by atoms with Crippen molar-refractivity contribution in [1.29, 1.82) is 0 Å². The van der Waals surface area contributed by atoms with Crippen LogP contribution in [0.5, 0.6) is 5.75 Å². The fourth-order valence-corrected chi connectivity index (χ4v) is 3.40. The number of fused-ring (bicyclic) bond motifs is 2. The zero-order valence-corrected chi connectivity index (χ0v) is 15.2. The Bertz CT molecular complexity index is 1090. The van der Waals surface area contributed by atoms with Crippen LogP contribution in [-0.4, -0.2) is 12.5 Å². The molecule has 1 aliphatic rings. The summed E-state index contributed by atoms with van der Waals surface area (Å²) in [6, 6.07) is 11.8. The lowest BCUT2D eigenvalue weighted by Crippen LogP contribution is -2.21. The summed E-state index contributed by atoms with van der Waals surface area (Å²) >= 11 is 3.36. The molecule has 1 amide bonds. The van der Waals surface area contributed by atoms with E-state index in [0.717, 1.165) is 10.0 Å². The van der Waals surface area contributed by atoms with Crippen LogP contribution in [0.25, 0.3) is 11.0 Å². The van der Waals surface area contributed by atoms with E-state index in [2.05, 4.69) is 27.8 Å². The van der Waals surface area contributed by atoms with E-state index in [-0.39, 0.29) is 17.1 Å². The second kappa shape index (κ2) is 6.46. The van der Waals surface area contributed by atoms with Crippen molar-refractivity contribution in [3.8, 4) is 5.75 Å². The van der Waals surface area contributed by atoms with Crippen LogP contribution in [-0.2, 0) is 0 Å². The number of halogens is 1. The first-order valence-corrected chi connectivity index (χ1v) is 8.78. The Morgan fingerprint density at radius 1 is 1.19 bits per heavy atom. The number of carbonyl (C=O) groups is 1. The van der Waals surface area contributed by atoms with E-state index in [9.17, 15) is 9.59 Å². The molecule has 3 aromatic rings. The third-order valence-electron chi connectivity index (χ3n) is 4.24. The molecule has 0 radical (unpaired) electrons. The molecule has 130 valence electrons. The summed E-state index contributed by atoms with van der Waals surface area (Å²) < 4.78 is 12.0. The minimum absolute atomic E-state index is 0.0711. The lowest BCUT2D eigenvalue weighted by Gasteiger charge is -2.12. The molecule has 1 aromatic heterocycles. The minimum atomic E-state index is -0.550. The summed E-state index contributed by atoms with van der Waals surface area (Å²) in [5.41, 5.74) is 1.30. The van der Waals surface area contributed by atoms with Crippen molar-refractivity contribution < 1.29 is 13.9 Å². The predicted molar refractivity (Wildman–Crippen MR) is 102 cm³/mol. The van der Waals surface area contributed by atoms with Crippen molar-refractivity contribution in [2.75, 3.05) is 6.61 Å². The highest BCUT2D eigenvalue weighted by Gasteiger charge is 2.35. The number of carbonyl (C=O) groups excluding carboxylic acids is 1. The van der Waals surface area contributed by atoms with E-state index < -0.39 is 6.04 Å². The van der Waals surface area contributed by atoms with Crippen molar-refractivity contribution in [3.63, 3.8) is 0 Å². The van der Waals surface area contributed by atoms with Gasteiger partial charge in [-0.15, -0.1) is 0 Å². The third kappa shape index (κ3) is 2.72. The van der Waals surface area contributed by atoms with E-state index in [1.807, 2.05) is 12.1 Å². The van der Waals surface area contributed by atoms with Crippen molar-refractivity contribution in [2.24, 2.45) is 0 Å². The van der Waals surface area contributed by atoms with Gasteiger partial charge in [-0.25, -0.2) is 0 Å². The number of benzene rings is 2. The molecule has 0 fully saturated rings. The molecule has 5 nitrogen and oxygen atoms in total. The second-order valence-electron chi connectivity index (χ2n) is 5.89. The van der Waals surface area contributed by atoms with Gasteiger partial charge in [-0.1, -0.05) is 40.7 Å². The van der Waals surface area contributed by atoms with Crippen LogP contribution in [0, 0.1) is 0 Å². The Balaban J connectivity index is 1.81. The maximum Gasteiger partial charge on any atom is 0.288 e. The number of hydrogen-bond donors (Lipinski definition) is 1. The number of hydrogen-bond acceptors (Lipinski definition) is 4. The normalized spacial score (nSPS) is 15.6. The average molecular weight is 412 g/mol. The summed E-state index contributed by atoms with van der Waals surface area (Å²) in [7, 11) is 0. The van der Waals surface area contributed by atoms with Crippen LogP contribution >= 0.6 is 15.9 Å². The number of amides is 1. The molecule has 2 heterocycles. The Hall–Kier alpha value is -2.86. The van der Waals surface area contributed by atoms with Gasteiger partial charge in [0.05, 0.1) is 17.0 Å². The number of ether oxygens (including phenoxy) is 1. The van der Waals surface area contributed by atoms with Gasteiger partial charge >= 0.3 is 0 Å². The fourth-order valence-electron chi connectivity index (χ4n) is 3.04. The molecule has 0 aliphatic carbocycles. The molecule has 26 heavy (non-hydrogen) atoms. The van der Waals surface area contributed by atoms with Crippen molar-refractivity contribution >= 4 is 32.8 Å². The molecular formula is C20H14BrNO4. The smallest absolute Gasteiger partial charge is 0.288 e. The first-order chi connectivity index (χ1) is 12.6. The Morgan fingerprint density at radius 2 is 1.96 bits per heavy atom.